The average Bonchev–Trinajstić information content (AvgIpc) is 2.68. The number of hydrogen-bond acceptors (Lipinski definition) is 2. The molecule has 3 heteroatoms. The highest BCUT2D eigenvalue weighted by Gasteiger charge is 2.58. The standard InChI is InChI=1S/C12H16ClNO/c1-12(2)7(6-14)11(12)10-8(13)4-3-5-9(10)15/h3-5,7,11,15H,6,14H2,1-2H3/t7-,11+/m0/s1. The van der Waals surface area contributed by atoms with E-state index in [0.717, 1.165) is 5.56 Å². The molecule has 0 saturated heterocycles. The van der Waals surface area contributed by atoms with E-state index in [1.54, 1.807) is 12.1 Å². The van der Waals surface area contributed by atoms with Crippen LogP contribution in [0.4, 0.5) is 0 Å². The van der Waals surface area contributed by atoms with E-state index in [2.05, 4.69) is 13.8 Å². The summed E-state index contributed by atoms with van der Waals surface area (Å²) in [5.41, 5.74) is 6.72. The smallest absolute Gasteiger partial charge is 0.120 e. The van der Waals surface area contributed by atoms with Gasteiger partial charge >= 0.3 is 0 Å². The molecule has 2 nitrogen and oxygen atoms in total. The lowest BCUT2D eigenvalue weighted by atomic mass is 10.0. The SMILES string of the molecule is CC1(C)[C@@H](CN)[C@@H]1c1c(O)cccc1Cl. The fourth-order valence-electron chi connectivity index (χ4n) is 2.59. The Morgan fingerprint density at radius 3 is 2.60 bits per heavy atom. The van der Waals surface area contributed by atoms with Crippen LogP contribution in [0.1, 0.15) is 25.3 Å². The van der Waals surface area contributed by atoms with Crippen molar-refractivity contribution >= 4 is 11.6 Å². The first-order chi connectivity index (χ1) is 7.00. The second-order valence-electron chi connectivity index (χ2n) is 4.81. The third-order valence-corrected chi connectivity index (χ3v) is 3.97. The Kier molecular flexibility index (Phi) is 2.44. The van der Waals surface area contributed by atoms with Gasteiger partial charge in [0, 0.05) is 10.6 Å². The summed E-state index contributed by atoms with van der Waals surface area (Å²) in [5.74, 6) is 0.996. The molecule has 1 aliphatic carbocycles. The molecule has 82 valence electrons. The quantitative estimate of drug-likeness (QED) is 0.813. The van der Waals surface area contributed by atoms with Gasteiger partial charge in [-0.3, -0.25) is 0 Å². The number of aromatic hydroxyl groups is 1. The third kappa shape index (κ3) is 1.52. The molecule has 1 aromatic carbocycles. The van der Waals surface area contributed by atoms with E-state index in [0.29, 0.717) is 17.5 Å². The molecule has 0 amide bonds. The molecule has 0 spiro atoms. The molecule has 1 aliphatic rings. The minimum absolute atomic E-state index is 0.150. The van der Waals surface area contributed by atoms with Crippen molar-refractivity contribution in [2.75, 3.05) is 6.54 Å². The highest BCUT2D eigenvalue weighted by molar-refractivity contribution is 6.31. The van der Waals surface area contributed by atoms with Crippen LogP contribution in [0.3, 0.4) is 0 Å². The van der Waals surface area contributed by atoms with Crippen molar-refractivity contribution in [3.63, 3.8) is 0 Å². The van der Waals surface area contributed by atoms with E-state index in [4.69, 9.17) is 17.3 Å². The normalized spacial score (nSPS) is 27.7. The van der Waals surface area contributed by atoms with Gasteiger partial charge in [0.2, 0.25) is 0 Å². The molecule has 15 heavy (non-hydrogen) atoms. The second kappa shape index (κ2) is 3.39. The summed E-state index contributed by atoms with van der Waals surface area (Å²) < 4.78 is 0. The maximum Gasteiger partial charge on any atom is 0.120 e. The number of nitrogens with two attached hydrogens (primary N) is 1. The van der Waals surface area contributed by atoms with Crippen molar-refractivity contribution in [1.82, 2.24) is 0 Å². The number of rotatable bonds is 2. The zero-order valence-electron chi connectivity index (χ0n) is 9.00. The molecule has 2 rings (SSSR count). The summed E-state index contributed by atoms with van der Waals surface area (Å²) in [4.78, 5) is 0. The van der Waals surface area contributed by atoms with Crippen LogP contribution in [0.15, 0.2) is 18.2 Å². The second-order valence-corrected chi connectivity index (χ2v) is 5.22. The fraction of sp³-hybridized carbons (Fsp3) is 0.500. The summed E-state index contributed by atoms with van der Waals surface area (Å²) in [6.45, 7) is 4.97. The van der Waals surface area contributed by atoms with Gasteiger partial charge in [-0.05, 0) is 35.9 Å². The van der Waals surface area contributed by atoms with Gasteiger partial charge in [0.1, 0.15) is 5.75 Å². The van der Waals surface area contributed by atoms with Crippen LogP contribution in [0.25, 0.3) is 0 Å². The maximum absolute atomic E-state index is 9.82. The zero-order chi connectivity index (χ0) is 11.2. The van der Waals surface area contributed by atoms with E-state index < -0.39 is 0 Å². The van der Waals surface area contributed by atoms with E-state index in [1.807, 2.05) is 6.07 Å². The van der Waals surface area contributed by atoms with Gasteiger partial charge in [-0.2, -0.15) is 0 Å². The van der Waals surface area contributed by atoms with Gasteiger partial charge in [-0.1, -0.05) is 31.5 Å². The molecule has 0 radical (unpaired) electrons. The van der Waals surface area contributed by atoms with Crippen molar-refractivity contribution in [3.8, 4) is 5.75 Å². The first-order valence-corrected chi connectivity index (χ1v) is 5.55. The molecular weight excluding hydrogens is 210 g/mol. The molecule has 0 bridgehead atoms. The van der Waals surface area contributed by atoms with Crippen LogP contribution in [-0.2, 0) is 0 Å². The Balaban J connectivity index is 2.41. The Bertz CT molecular complexity index is 369. The number of benzene rings is 1. The number of hydrogen-bond donors (Lipinski definition) is 2. The molecule has 0 aromatic heterocycles. The first kappa shape index (κ1) is 10.8. The Morgan fingerprint density at radius 1 is 1.47 bits per heavy atom. The number of phenolic OH excluding ortho intramolecular Hbond substituents is 1. The summed E-state index contributed by atoms with van der Waals surface area (Å²) >= 11 is 6.11. The average molecular weight is 226 g/mol. The first-order valence-electron chi connectivity index (χ1n) is 5.17. The van der Waals surface area contributed by atoms with Gasteiger partial charge < -0.3 is 10.8 Å². The van der Waals surface area contributed by atoms with Crippen LogP contribution < -0.4 is 5.73 Å². The lowest BCUT2D eigenvalue weighted by molar-refractivity contribution is 0.464. The van der Waals surface area contributed by atoms with Crippen molar-refractivity contribution in [2.24, 2.45) is 17.1 Å². The predicted molar refractivity (Wildman–Crippen MR) is 62.2 cm³/mol. The largest absolute Gasteiger partial charge is 0.508 e. The van der Waals surface area contributed by atoms with E-state index in [-0.39, 0.29) is 17.1 Å². The number of halogens is 1. The summed E-state index contributed by atoms with van der Waals surface area (Å²) in [6, 6.07) is 5.26. The molecule has 0 heterocycles. The van der Waals surface area contributed by atoms with Crippen LogP contribution in [0, 0.1) is 11.3 Å². The maximum atomic E-state index is 9.82. The van der Waals surface area contributed by atoms with Crippen molar-refractivity contribution in [3.05, 3.63) is 28.8 Å². The summed E-state index contributed by atoms with van der Waals surface area (Å²) in [6.07, 6.45) is 0. The van der Waals surface area contributed by atoms with Crippen molar-refractivity contribution in [2.45, 2.75) is 19.8 Å². The van der Waals surface area contributed by atoms with Gasteiger partial charge in [0.05, 0.1) is 0 Å². The minimum atomic E-state index is 0.150. The molecular formula is C12H16ClNO. The Labute approximate surface area is 95.1 Å². The highest BCUT2D eigenvalue weighted by atomic mass is 35.5. The zero-order valence-corrected chi connectivity index (χ0v) is 9.75. The summed E-state index contributed by atoms with van der Waals surface area (Å²) in [7, 11) is 0. The van der Waals surface area contributed by atoms with Crippen molar-refractivity contribution < 1.29 is 5.11 Å². The van der Waals surface area contributed by atoms with Crippen LogP contribution in [-0.4, -0.2) is 11.7 Å². The Morgan fingerprint density at radius 2 is 2.13 bits per heavy atom. The fourth-order valence-corrected chi connectivity index (χ4v) is 2.88. The minimum Gasteiger partial charge on any atom is -0.508 e. The van der Waals surface area contributed by atoms with E-state index >= 15 is 0 Å². The van der Waals surface area contributed by atoms with Crippen LogP contribution in [0.2, 0.25) is 5.02 Å². The molecule has 0 aliphatic heterocycles. The van der Waals surface area contributed by atoms with Gasteiger partial charge in [0.25, 0.3) is 0 Å². The molecule has 3 N–H and O–H groups in total. The van der Waals surface area contributed by atoms with Gasteiger partial charge in [-0.25, -0.2) is 0 Å². The molecule has 1 fully saturated rings. The van der Waals surface area contributed by atoms with Crippen LogP contribution in [0.5, 0.6) is 5.75 Å². The predicted octanol–water partition coefficient (Wildman–Crippen LogP) is 2.74. The van der Waals surface area contributed by atoms with E-state index in [9.17, 15) is 5.11 Å². The highest BCUT2D eigenvalue weighted by Crippen LogP contribution is 2.66. The molecule has 1 saturated carbocycles. The molecule has 0 unspecified atom stereocenters. The third-order valence-electron chi connectivity index (χ3n) is 3.65. The monoisotopic (exact) mass is 225 g/mol. The van der Waals surface area contributed by atoms with Gasteiger partial charge in [0.15, 0.2) is 0 Å². The lowest BCUT2D eigenvalue weighted by Gasteiger charge is -2.07. The molecule has 2 atom stereocenters. The van der Waals surface area contributed by atoms with Crippen LogP contribution >= 0.6 is 11.6 Å². The number of phenols is 1. The Hall–Kier alpha value is -0.730. The van der Waals surface area contributed by atoms with Gasteiger partial charge in [-0.15, -0.1) is 0 Å². The molecule has 1 aromatic rings. The summed E-state index contributed by atoms with van der Waals surface area (Å²) in [5, 5.41) is 10.5. The van der Waals surface area contributed by atoms with E-state index in [1.165, 1.54) is 0 Å². The van der Waals surface area contributed by atoms with Crippen molar-refractivity contribution in [1.29, 1.82) is 0 Å². The topological polar surface area (TPSA) is 46.2 Å². The lowest BCUT2D eigenvalue weighted by Crippen LogP contribution is -2.05.